The molecule has 1 aromatic rings. The number of carboxylic acids is 1. The van der Waals surface area contributed by atoms with Crippen molar-refractivity contribution in [3.63, 3.8) is 0 Å². The first-order valence-corrected chi connectivity index (χ1v) is 6.93. The van der Waals surface area contributed by atoms with Crippen molar-refractivity contribution in [2.45, 2.75) is 32.2 Å². The van der Waals surface area contributed by atoms with Gasteiger partial charge in [-0.25, -0.2) is 4.79 Å². The highest BCUT2D eigenvalue weighted by molar-refractivity contribution is 6.30. The van der Waals surface area contributed by atoms with Crippen LogP contribution in [-0.2, 0) is 16.1 Å². The van der Waals surface area contributed by atoms with E-state index in [0.717, 1.165) is 18.4 Å². The summed E-state index contributed by atoms with van der Waals surface area (Å²) in [6.07, 6.45) is 2.70. The van der Waals surface area contributed by atoms with Crippen molar-refractivity contribution in [3.8, 4) is 0 Å². The number of hydrogen-bond donors (Lipinski definition) is 2. The third-order valence-corrected chi connectivity index (χ3v) is 3.62. The lowest BCUT2D eigenvalue weighted by Crippen LogP contribution is -2.27. The standard InChI is InChI=1S/C15H16ClNO3/c16-11-7-5-10(6-8-11)9-17-14(18)12-3-1-2-4-13(12)15(19)20/h5-8H,1-4,9H2,(H,17,18)(H,19,20). The second-order valence-electron chi connectivity index (χ2n) is 4.78. The van der Waals surface area contributed by atoms with Crippen LogP contribution in [0.1, 0.15) is 31.2 Å². The largest absolute Gasteiger partial charge is 0.478 e. The Labute approximate surface area is 122 Å². The molecule has 0 fully saturated rings. The minimum Gasteiger partial charge on any atom is -0.478 e. The van der Waals surface area contributed by atoms with Crippen LogP contribution in [-0.4, -0.2) is 17.0 Å². The molecule has 2 N–H and O–H groups in total. The highest BCUT2D eigenvalue weighted by Gasteiger charge is 2.23. The van der Waals surface area contributed by atoms with Gasteiger partial charge in [0.2, 0.25) is 5.91 Å². The molecule has 0 radical (unpaired) electrons. The lowest BCUT2D eigenvalue weighted by molar-refractivity contribution is -0.133. The molecule has 0 saturated heterocycles. The molecule has 0 saturated carbocycles. The van der Waals surface area contributed by atoms with Crippen molar-refractivity contribution in [3.05, 3.63) is 46.0 Å². The SMILES string of the molecule is O=C(O)C1=C(C(=O)NCc2ccc(Cl)cc2)CCCC1. The molecule has 5 heteroatoms. The molecule has 0 atom stereocenters. The predicted molar refractivity (Wildman–Crippen MR) is 76.4 cm³/mol. The van der Waals surface area contributed by atoms with Crippen LogP contribution in [0.4, 0.5) is 0 Å². The van der Waals surface area contributed by atoms with Gasteiger partial charge in [0.15, 0.2) is 0 Å². The van der Waals surface area contributed by atoms with Crippen molar-refractivity contribution in [2.75, 3.05) is 0 Å². The van der Waals surface area contributed by atoms with E-state index in [-0.39, 0.29) is 11.5 Å². The fraction of sp³-hybridized carbons (Fsp3) is 0.333. The van der Waals surface area contributed by atoms with Gasteiger partial charge in [-0.05, 0) is 43.4 Å². The summed E-state index contributed by atoms with van der Waals surface area (Å²) in [5, 5.41) is 12.5. The Morgan fingerprint density at radius 1 is 1.10 bits per heavy atom. The molecule has 2 rings (SSSR count). The molecular formula is C15H16ClNO3. The molecular weight excluding hydrogens is 278 g/mol. The molecule has 1 aromatic carbocycles. The van der Waals surface area contributed by atoms with Gasteiger partial charge in [-0.2, -0.15) is 0 Å². The lowest BCUT2D eigenvalue weighted by Gasteiger charge is -2.17. The first-order valence-electron chi connectivity index (χ1n) is 6.56. The molecule has 0 heterocycles. The Kier molecular flexibility index (Phi) is 4.79. The second-order valence-corrected chi connectivity index (χ2v) is 5.21. The van der Waals surface area contributed by atoms with Crippen LogP contribution in [0.2, 0.25) is 5.02 Å². The first-order chi connectivity index (χ1) is 9.58. The maximum Gasteiger partial charge on any atom is 0.332 e. The zero-order chi connectivity index (χ0) is 14.5. The van der Waals surface area contributed by atoms with Crippen LogP contribution < -0.4 is 5.32 Å². The van der Waals surface area contributed by atoms with Crippen molar-refractivity contribution in [1.82, 2.24) is 5.32 Å². The van der Waals surface area contributed by atoms with Gasteiger partial charge in [0.25, 0.3) is 0 Å². The number of aliphatic carboxylic acids is 1. The highest BCUT2D eigenvalue weighted by atomic mass is 35.5. The summed E-state index contributed by atoms with van der Waals surface area (Å²) in [5.74, 6) is -1.27. The van der Waals surface area contributed by atoms with Crippen LogP contribution in [0.15, 0.2) is 35.4 Å². The smallest absolute Gasteiger partial charge is 0.332 e. The van der Waals surface area contributed by atoms with E-state index in [9.17, 15) is 9.59 Å². The number of carbonyl (C=O) groups is 2. The number of benzene rings is 1. The molecule has 0 bridgehead atoms. The zero-order valence-corrected chi connectivity index (χ0v) is 11.7. The summed E-state index contributed by atoms with van der Waals surface area (Å²) in [7, 11) is 0. The molecule has 106 valence electrons. The van der Waals surface area contributed by atoms with E-state index < -0.39 is 5.97 Å². The van der Waals surface area contributed by atoms with E-state index in [2.05, 4.69) is 5.32 Å². The molecule has 4 nitrogen and oxygen atoms in total. The minimum atomic E-state index is -0.985. The van der Waals surface area contributed by atoms with Crippen molar-refractivity contribution in [1.29, 1.82) is 0 Å². The monoisotopic (exact) mass is 293 g/mol. The fourth-order valence-electron chi connectivity index (χ4n) is 2.28. The number of carboxylic acid groups (broad SMARTS) is 1. The van der Waals surface area contributed by atoms with E-state index in [4.69, 9.17) is 16.7 Å². The van der Waals surface area contributed by atoms with Gasteiger partial charge in [-0.3, -0.25) is 4.79 Å². The van der Waals surface area contributed by atoms with Gasteiger partial charge in [-0.1, -0.05) is 23.7 Å². The summed E-state index contributed by atoms with van der Waals surface area (Å²) in [6.45, 7) is 0.367. The molecule has 1 aliphatic carbocycles. The lowest BCUT2D eigenvalue weighted by atomic mass is 9.91. The third-order valence-electron chi connectivity index (χ3n) is 3.37. The summed E-state index contributed by atoms with van der Waals surface area (Å²) in [6, 6.07) is 7.17. The molecule has 1 amide bonds. The van der Waals surface area contributed by atoms with Crippen LogP contribution in [0.5, 0.6) is 0 Å². The van der Waals surface area contributed by atoms with Crippen LogP contribution >= 0.6 is 11.6 Å². The average molecular weight is 294 g/mol. The fourth-order valence-corrected chi connectivity index (χ4v) is 2.41. The van der Waals surface area contributed by atoms with Gasteiger partial charge in [-0.15, -0.1) is 0 Å². The maximum absolute atomic E-state index is 12.1. The van der Waals surface area contributed by atoms with E-state index in [1.165, 1.54) is 0 Å². The van der Waals surface area contributed by atoms with Crippen LogP contribution in [0, 0.1) is 0 Å². The molecule has 0 spiro atoms. The van der Waals surface area contributed by atoms with E-state index in [1.807, 2.05) is 12.1 Å². The van der Waals surface area contributed by atoms with E-state index >= 15 is 0 Å². The number of carbonyl (C=O) groups excluding carboxylic acids is 1. The maximum atomic E-state index is 12.1. The normalized spacial score (nSPS) is 15.1. The number of hydrogen-bond acceptors (Lipinski definition) is 2. The van der Waals surface area contributed by atoms with Gasteiger partial charge in [0.1, 0.15) is 0 Å². The Balaban J connectivity index is 2.03. The van der Waals surface area contributed by atoms with E-state index in [0.29, 0.717) is 30.0 Å². The number of nitrogens with one attached hydrogen (secondary N) is 1. The predicted octanol–water partition coefficient (Wildman–Crippen LogP) is 2.91. The highest BCUT2D eigenvalue weighted by Crippen LogP contribution is 2.25. The average Bonchev–Trinajstić information content (AvgIpc) is 2.46. The van der Waals surface area contributed by atoms with Crippen LogP contribution in [0.25, 0.3) is 0 Å². The van der Waals surface area contributed by atoms with Crippen molar-refractivity contribution < 1.29 is 14.7 Å². The zero-order valence-electron chi connectivity index (χ0n) is 11.0. The quantitative estimate of drug-likeness (QED) is 0.897. The van der Waals surface area contributed by atoms with E-state index in [1.54, 1.807) is 12.1 Å². The van der Waals surface area contributed by atoms with Gasteiger partial charge < -0.3 is 10.4 Å². The summed E-state index contributed by atoms with van der Waals surface area (Å²) in [4.78, 5) is 23.2. The van der Waals surface area contributed by atoms with Crippen molar-refractivity contribution >= 4 is 23.5 Å². The summed E-state index contributed by atoms with van der Waals surface area (Å²) in [5.41, 5.74) is 1.60. The summed E-state index contributed by atoms with van der Waals surface area (Å²) < 4.78 is 0. The van der Waals surface area contributed by atoms with Gasteiger partial charge in [0, 0.05) is 22.7 Å². The Morgan fingerprint density at radius 2 is 1.70 bits per heavy atom. The molecule has 0 aliphatic heterocycles. The molecule has 0 aromatic heterocycles. The Morgan fingerprint density at radius 3 is 2.30 bits per heavy atom. The number of halogens is 1. The topological polar surface area (TPSA) is 66.4 Å². The van der Waals surface area contributed by atoms with Gasteiger partial charge >= 0.3 is 5.97 Å². The number of amides is 1. The Bertz CT molecular complexity index is 549. The van der Waals surface area contributed by atoms with Gasteiger partial charge in [0.05, 0.1) is 0 Å². The third kappa shape index (κ3) is 3.61. The Hall–Kier alpha value is -1.81. The number of rotatable bonds is 4. The molecule has 0 unspecified atom stereocenters. The molecule has 20 heavy (non-hydrogen) atoms. The second kappa shape index (κ2) is 6.57. The first kappa shape index (κ1) is 14.6. The van der Waals surface area contributed by atoms with Crippen LogP contribution in [0.3, 0.4) is 0 Å². The summed E-state index contributed by atoms with van der Waals surface area (Å²) >= 11 is 5.79. The molecule has 1 aliphatic rings. The minimum absolute atomic E-state index is 0.254. The van der Waals surface area contributed by atoms with Crippen molar-refractivity contribution in [2.24, 2.45) is 0 Å².